The lowest BCUT2D eigenvalue weighted by Gasteiger charge is -2.18. The van der Waals surface area contributed by atoms with Crippen molar-refractivity contribution in [3.05, 3.63) is 71.5 Å². The van der Waals surface area contributed by atoms with Gasteiger partial charge in [0.25, 0.3) is 5.91 Å². The third-order valence-electron chi connectivity index (χ3n) is 4.74. The molecule has 3 aromatic rings. The molecule has 0 unspecified atom stereocenters. The molecule has 0 aliphatic carbocycles. The highest BCUT2D eigenvalue weighted by Gasteiger charge is 2.15. The number of carbonyl (C=O) groups is 1. The van der Waals surface area contributed by atoms with Crippen LogP contribution in [0.4, 0.5) is 0 Å². The highest BCUT2D eigenvalue weighted by molar-refractivity contribution is 5.94. The van der Waals surface area contributed by atoms with Crippen molar-refractivity contribution < 1.29 is 9.21 Å². The second-order valence-electron chi connectivity index (χ2n) is 6.54. The Bertz CT molecular complexity index is 830. The summed E-state index contributed by atoms with van der Waals surface area (Å²) < 4.78 is 5.83. The van der Waals surface area contributed by atoms with Gasteiger partial charge in [-0.2, -0.15) is 0 Å². The average Bonchev–Trinajstić information content (AvgIpc) is 3.11. The van der Waals surface area contributed by atoms with E-state index in [1.54, 1.807) is 0 Å². The van der Waals surface area contributed by atoms with E-state index in [0.717, 1.165) is 36.4 Å². The van der Waals surface area contributed by atoms with Crippen LogP contribution in [0, 0.1) is 0 Å². The Morgan fingerprint density at radius 2 is 1.77 bits per heavy atom. The van der Waals surface area contributed by atoms with Crippen LogP contribution < -0.4 is 5.32 Å². The van der Waals surface area contributed by atoms with Crippen molar-refractivity contribution in [2.75, 3.05) is 13.1 Å². The standard InChI is InChI=1S/C22H26N2O2/c1-4-24(5-2)15-17-10-12-18(13-11-17)22(25)23-16(3)21-14-19-8-6-7-9-20(19)26-21/h6-14,16H,4-5,15H2,1-3H3,(H,23,25)/t16-/m1/s1. The van der Waals surface area contributed by atoms with Gasteiger partial charge in [0.15, 0.2) is 0 Å². The maximum Gasteiger partial charge on any atom is 0.251 e. The van der Waals surface area contributed by atoms with Crippen LogP contribution in [0.25, 0.3) is 11.0 Å². The number of carbonyl (C=O) groups excluding carboxylic acids is 1. The van der Waals surface area contributed by atoms with Crippen LogP contribution in [0.5, 0.6) is 0 Å². The third kappa shape index (κ3) is 4.14. The third-order valence-corrected chi connectivity index (χ3v) is 4.74. The molecule has 1 aromatic heterocycles. The van der Waals surface area contributed by atoms with E-state index in [1.807, 2.05) is 61.5 Å². The Balaban J connectivity index is 1.65. The molecule has 4 heteroatoms. The van der Waals surface area contributed by atoms with Gasteiger partial charge < -0.3 is 9.73 Å². The summed E-state index contributed by atoms with van der Waals surface area (Å²) >= 11 is 0. The molecule has 0 saturated carbocycles. The fourth-order valence-electron chi connectivity index (χ4n) is 3.03. The minimum absolute atomic E-state index is 0.0904. The van der Waals surface area contributed by atoms with Crippen LogP contribution >= 0.6 is 0 Å². The predicted octanol–water partition coefficient (Wildman–Crippen LogP) is 4.77. The smallest absolute Gasteiger partial charge is 0.251 e. The number of rotatable bonds is 7. The van der Waals surface area contributed by atoms with E-state index in [-0.39, 0.29) is 11.9 Å². The van der Waals surface area contributed by atoms with E-state index in [4.69, 9.17) is 4.42 Å². The number of benzene rings is 2. The number of amides is 1. The summed E-state index contributed by atoms with van der Waals surface area (Å²) in [6, 6.07) is 17.5. The first-order valence-electron chi connectivity index (χ1n) is 9.21. The molecule has 2 aromatic carbocycles. The largest absolute Gasteiger partial charge is 0.459 e. The second-order valence-corrected chi connectivity index (χ2v) is 6.54. The number of furan rings is 1. The molecule has 1 N–H and O–H groups in total. The van der Waals surface area contributed by atoms with Crippen molar-refractivity contribution in [1.82, 2.24) is 10.2 Å². The number of para-hydroxylation sites is 1. The van der Waals surface area contributed by atoms with Crippen LogP contribution in [-0.4, -0.2) is 23.9 Å². The van der Waals surface area contributed by atoms with Crippen molar-refractivity contribution >= 4 is 16.9 Å². The molecule has 0 saturated heterocycles. The van der Waals surface area contributed by atoms with Gasteiger partial charge in [-0.25, -0.2) is 0 Å². The summed E-state index contributed by atoms with van der Waals surface area (Å²) in [5.41, 5.74) is 2.72. The van der Waals surface area contributed by atoms with E-state index >= 15 is 0 Å². The SMILES string of the molecule is CCN(CC)Cc1ccc(C(=O)N[C@H](C)c2cc3ccccc3o2)cc1. The second kappa shape index (κ2) is 8.19. The zero-order valence-electron chi connectivity index (χ0n) is 15.7. The van der Waals surface area contributed by atoms with E-state index in [9.17, 15) is 4.79 Å². The van der Waals surface area contributed by atoms with E-state index < -0.39 is 0 Å². The minimum Gasteiger partial charge on any atom is -0.459 e. The van der Waals surface area contributed by atoms with Crippen LogP contribution in [-0.2, 0) is 6.54 Å². The zero-order valence-corrected chi connectivity index (χ0v) is 15.7. The first-order valence-corrected chi connectivity index (χ1v) is 9.21. The van der Waals surface area contributed by atoms with Gasteiger partial charge in [0.2, 0.25) is 0 Å². The van der Waals surface area contributed by atoms with Gasteiger partial charge >= 0.3 is 0 Å². The zero-order chi connectivity index (χ0) is 18.5. The molecule has 0 radical (unpaired) electrons. The average molecular weight is 350 g/mol. The van der Waals surface area contributed by atoms with Gasteiger partial charge in [-0.15, -0.1) is 0 Å². The molecule has 3 rings (SSSR count). The maximum absolute atomic E-state index is 12.5. The molecule has 1 atom stereocenters. The molecule has 1 heterocycles. The number of nitrogens with one attached hydrogen (secondary N) is 1. The summed E-state index contributed by atoms with van der Waals surface area (Å²) in [6.45, 7) is 9.20. The van der Waals surface area contributed by atoms with E-state index in [0.29, 0.717) is 5.56 Å². The van der Waals surface area contributed by atoms with Crippen LogP contribution in [0.15, 0.2) is 59.0 Å². The Morgan fingerprint density at radius 1 is 1.08 bits per heavy atom. The molecule has 26 heavy (non-hydrogen) atoms. The summed E-state index contributed by atoms with van der Waals surface area (Å²) in [4.78, 5) is 14.9. The first kappa shape index (κ1) is 18.2. The van der Waals surface area contributed by atoms with Gasteiger partial charge in [0.1, 0.15) is 11.3 Å². The molecular formula is C22H26N2O2. The molecule has 136 valence electrons. The molecule has 1 amide bonds. The van der Waals surface area contributed by atoms with Gasteiger partial charge in [-0.1, -0.05) is 44.2 Å². The number of hydrogen-bond acceptors (Lipinski definition) is 3. The lowest BCUT2D eigenvalue weighted by atomic mass is 10.1. The Morgan fingerprint density at radius 3 is 2.42 bits per heavy atom. The number of fused-ring (bicyclic) bond motifs is 1. The van der Waals surface area contributed by atoms with Crippen molar-refractivity contribution in [1.29, 1.82) is 0 Å². The van der Waals surface area contributed by atoms with E-state index in [1.165, 1.54) is 5.56 Å². The highest BCUT2D eigenvalue weighted by atomic mass is 16.3. The van der Waals surface area contributed by atoms with Gasteiger partial charge in [-0.3, -0.25) is 9.69 Å². The normalized spacial score (nSPS) is 12.5. The highest BCUT2D eigenvalue weighted by Crippen LogP contribution is 2.23. The molecule has 0 bridgehead atoms. The minimum atomic E-state index is -0.190. The first-order chi connectivity index (χ1) is 12.6. The Kier molecular flexibility index (Phi) is 5.74. The van der Waals surface area contributed by atoms with Gasteiger partial charge in [0.05, 0.1) is 6.04 Å². The fourth-order valence-corrected chi connectivity index (χ4v) is 3.03. The summed E-state index contributed by atoms with van der Waals surface area (Å²) in [5, 5.41) is 4.06. The van der Waals surface area contributed by atoms with Crippen LogP contribution in [0.2, 0.25) is 0 Å². The van der Waals surface area contributed by atoms with E-state index in [2.05, 4.69) is 24.1 Å². The topological polar surface area (TPSA) is 45.5 Å². The van der Waals surface area contributed by atoms with Crippen molar-refractivity contribution in [2.24, 2.45) is 0 Å². The summed E-state index contributed by atoms with van der Waals surface area (Å²) in [5.74, 6) is 0.671. The van der Waals surface area contributed by atoms with Crippen molar-refractivity contribution in [2.45, 2.75) is 33.4 Å². The molecule has 0 aliphatic rings. The number of nitrogens with zero attached hydrogens (tertiary/aromatic N) is 1. The van der Waals surface area contributed by atoms with Gasteiger partial charge in [-0.05, 0) is 49.8 Å². The van der Waals surface area contributed by atoms with Crippen molar-refractivity contribution in [3.63, 3.8) is 0 Å². The van der Waals surface area contributed by atoms with Crippen LogP contribution in [0.1, 0.15) is 48.5 Å². The molecule has 0 spiro atoms. The predicted molar refractivity (Wildman–Crippen MR) is 105 cm³/mol. The Labute approximate surface area is 154 Å². The number of hydrogen-bond donors (Lipinski definition) is 1. The fraction of sp³-hybridized carbons (Fsp3) is 0.318. The molecule has 0 fully saturated rings. The quantitative estimate of drug-likeness (QED) is 0.668. The lowest BCUT2D eigenvalue weighted by molar-refractivity contribution is 0.0935. The summed E-state index contributed by atoms with van der Waals surface area (Å²) in [6.07, 6.45) is 0. The monoisotopic (exact) mass is 350 g/mol. The van der Waals surface area contributed by atoms with Gasteiger partial charge in [0, 0.05) is 17.5 Å². The molecule has 0 aliphatic heterocycles. The van der Waals surface area contributed by atoms with Crippen LogP contribution in [0.3, 0.4) is 0 Å². The molecular weight excluding hydrogens is 324 g/mol. The summed E-state index contributed by atoms with van der Waals surface area (Å²) in [7, 11) is 0. The van der Waals surface area contributed by atoms with Crippen molar-refractivity contribution in [3.8, 4) is 0 Å². The lowest BCUT2D eigenvalue weighted by Crippen LogP contribution is -2.26. The maximum atomic E-state index is 12.5. The molecule has 4 nitrogen and oxygen atoms in total. The Hall–Kier alpha value is -2.59.